The lowest BCUT2D eigenvalue weighted by molar-refractivity contribution is -0.219. The van der Waals surface area contributed by atoms with Crippen molar-refractivity contribution in [1.29, 1.82) is 0 Å². The average Bonchev–Trinajstić information content (AvgIpc) is 2.83. The van der Waals surface area contributed by atoms with E-state index in [-0.39, 0.29) is 19.3 Å². The van der Waals surface area contributed by atoms with E-state index in [1.165, 1.54) is 44.9 Å². The number of carboxylic acid groups (broad SMARTS) is 1. The summed E-state index contributed by atoms with van der Waals surface area (Å²) in [5, 5.41) is 50.9. The van der Waals surface area contributed by atoms with Crippen LogP contribution in [0.3, 0.4) is 0 Å². The fraction of sp³-hybridized carbons (Fsp3) is 0.923. The van der Waals surface area contributed by atoms with Crippen molar-refractivity contribution >= 4 is 11.9 Å². The Labute approximate surface area is 214 Å². The lowest BCUT2D eigenvalue weighted by Gasteiger charge is -2.44. The summed E-state index contributed by atoms with van der Waals surface area (Å²) in [6.45, 7) is 2.71. The number of amides is 1. The van der Waals surface area contributed by atoms with Crippen LogP contribution in [0.15, 0.2) is 0 Å². The predicted octanol–water partition coefficient (Wildman–Crippen LogP) is 1.49. The highest BCUT2D eigenvalue weighted by molar-refractivity contribution is 5.77. The minimum absolute atomic E-state index is 0.141. The molecule has 2 fully saturated rings. The number of nitrogens with two attached hydrogens (primary N) is 1. The molecule has 7 N–H and O–H groups in total. The van der Waals surface area contributed by atoms with Gasteiger partial charge in [0.25, 0.3) is 0 Å². The van der Waals surface area contributed by atoms with Gasteiger partial charge in [0.2, 0.25) is 5.91 Å². The average molecular weight is 518 g/mol. The van der Waals surface area contributed by atoms with Gasteiger partial charge in [-0.25, -0.2) is 0 Å². The molecular weight excluding hydrogens is 470 g/mol. The third kappa shape index (κ3) is 9.22. The number of hydrogen-bond acceptors (Lipinski definition) is 8. The summed E-state index contributed by atoms with van der Waals surface area (Å²) in [6, 6.07) is 0. The second kappa shape index (κ2) is 15.8. The summed E-state index contributed by atoms with van der Waals surface area (Å²) in [5.74, 6) is -4.27. The van der Waals surface area contributed by atoms with E-state index in [0.29, 0.717) is 6.61 Å². The molecule has 2 rings (SSSR count). The van der Waals surface area contributed by atoms with Crippen molar-refractivity contribution in [3.63, 3.8) is 0 Å². The van der Waals surface area contributed by atoms with Gasteiger partial charge < -0.3 is 40.7 Å². The van der Waals surface area contributed by atoms with Gasteiger partial charge in [0, 0.05) is 13.0 Å². The van der Waals surface area contributed by atoms with Crippen LogP contribution in [0.25, 0.3) is 0 Å². The van der Waals surface area contributed by atoms with Crippen LogP contribution < -0.4 is 5.73 Å². The van der Waals surface area contributed by atoms with E-state index in [0.717, 1.165) is 19.3 Å². The van der Waals surface area contributed by atoms with Crippen molar-refractivity contribution in [2.45, 2.75) is 133 Å². The highest BCUT2D eigenvalue weighted by atomic mass is 16.5. The molecule has 0 heterocycles. The quantitative estimate of drug-likeness (QED) is 0.165. The minimum atomic E-state index is -1.68. The van der Waals surface area contributed by atoms with E-state index in [1.54, 1.807) is 0 Å². The molecule has 0 bridgehead atoms. The van der Waals surface area contributed by atoms with Gasteiger partial charge in [0.05, 0.1) is 42.4 Å². The Hall–Kier alpha value is -1.30. The number of carbonyl (C=O) groups excluding carboxylic acids is 1. The molecule has 0 aliphatic heterocycles. The summed E-state index contributed by atoms with van der Waals surface area (Å²) in [7, 11) is 0. The van der Waals surface area contributed by atoms with Crippen LogP contribution in [0.1, 0.15) is 90.4 Å². The summed E-state index contributed by atoms with van der Waals surface area (Å²) < 4.78 is 11.7. The molecule has 0 aromatic rings. The molecule has 10 heteroatoms. The van der Waals surface area contributed by atoms with Crippen LogP contribution in [0, 0.1) is 11.8 Å². The van der Waals surface area contributed by atoms with Gasteiger partial charge in [0.15, 0.2) is 0 Å². The summed E-state index contributed by atoms with van der Waals surface area (Å²) in [4.78, 5) is 23.6. The number of primary amides is 1. The van der Waals surface area contributed by atoms with Crippen LogP contribution in [0.5, 0.6) is 0 Å². The maximum absolute atomic E-state index is 12.0. The molecule has 0 radical (unpaired) electrons. The molecule has 2 aliphatic carbocycles. The molecular formula is C26H47NO9. The smallest absolute Gasteiger partial charge is 0.309 e. The van der Waals surface area contributed by atoms with Gasteiger partial charge in [-0.05, 0) is 19.3 Å². The number of aliphatic carboxylic acids is 1. The summed E-state index contributed by atoms with van der Waals surface area (Å²) in [5.41, 5.74) is 5.29. The fourth-order valence-corrected chi connectivity index (χ4v) is 5.40. The van der Waals surface area contributed by atoms with Crippen molar-refractivity contribution < 1.29 is 44.6 Å². The molecule has 0 spiro atoms. The van der Waals surface area contributed by atoms with Gasteiger partial charge in [-0.2, -0.15) is 0 Å². The molecule has 36 heavy (non-hydrogen) atoms. The van der Waals surface area contributed by atoms with Crippen LogP contribution in [0.4, 0.5) is 0 Å². The number of unbranched alkanes of at least 4 members (excludes halogenated alkanes) is 9. The highest BCUT2D eigenvalue weighted by Crippen LogP contribution is 2.35. The van der Waals surface area contributed by atoms with Crippen LogP contribution in [-0.4, -0.2) is 86.7 Å². The lowest BCUT2D eigenvalue weighted by Crippen LogP contribution is -2.59. The maximum Gasteiger partial charge on any atom is 0.309 e. The molecule has 1 amide bonds. The number of aliphatic hydroxyl groups excluding tert-OH is 4. The number of carbonyl (C=O) groups is 2. The number of ether oxygens (including phenoxy) is 2. The summed E-state index contributed by atoms with van der Waals surface area (Å²) in [6.07, 6.45) is 3.47. The first kappa shape index (κ1) is 30.9. The molecule has 10 nitrogen and oxygen atoms in total. The molecule has 9 atom stereocenters. The van der Waals surface area contributed by atoms with Gasteiger partial charge in [0.1, 0.15) is 12.2 Å². The number of aliphatic hydroxyl groups is 4. The Morgan fingerprint density at radius 3 is 1.92 bits per heavy atom. The van der Waals surface area contributed by atoms with Gasteiger partial charge in [-0.1, -0.05) is 64.7 Å². The third-order valence-corrected chi connectivity index (χ3v) is 7.64. The predicted molar refractivity (Wildman–Crippen MR) is 132 cm³/mol. The molecule has 2 aliphatic rings. The lowest BCUT2D eigenvalue weighted by atomic mass is 9.79. The third-order valence-electron chi connectivity index (χ3n) is 7.64. The Morgan fingerprint density at radius 1 is 0.778 bits per heavy atom. The molecule has 0 unspecified atom stereocenters. The standard InChI is InChI=1S/C26H47NO9/c1-2-3-4-5-6-7-8-9-10-11-12-35-16-13-18(26(33)34)24(19(28)14-16)36-20-15-17(25(27)32)21(29)23(31)22(20)30/h16-24,28-31H,2-15H2,1H3,(H2,27,32)(H,33,34)/t16-,17+,18+,19-,20-,21-,22+,23+,24-/m1/s1. The zero-order valence-electron chi connectivity index (χ0n) is 21.5. The summed E-state index contributed by atoms with van der Waals surface area (Å²) >= 11 is 0. The minimum Gasteiger partial charge on any atom is -0.481 e. The molecule has 0 aromatic carbocycles. The maximum atomic E-state index is 12.0. The van der Waals surface area contributed by atoms with E-state index in [2.05, 4.69) is 6.92 Å². The Bertz CT molecular complexity index is 663. The second-order valence-corrected chi connectivity index (χ2v) is 10.5. The number of carboxylic acids is 1. The van der Waals surface area contributed by atoms with Gasteiger partial charge in [-0.15, -0.1) is 0 Å². The van der Waals surface area contributed by atoms with Crippen LogP contribution in [0.2, 0.25) is 0 Å². The van der Waals surface area contributed by atoms with E-state index in [4.69, 9.17) is 15.2 Å². The Kier molecular flexibility index (Phi) is 13.6. The van der Waals surface area contributed by atoms with Crippen molar-refractivity contribution in [3.8, 4) is 0 Å². The van der Waals surface area contributed by atoms with Gasteiger partial charge >= 0.3 is 5.97 Å². The van der Waals surface area contributed by atoms with E-state index < -0.39 is 66.4 Å². The first-order valence-electron chi connectivity index (χ1n) is 13.7. The Balaban J connectivity index is 1.77. The van der Waals surface area contributed by atoms with E-state index in [9.17, 15) is 35.1 Å². The highest BCUT2D eigenvalue weighted by Gasteiger charge is 2.49. The largest absolute Gasteiger partial charge is 0.481 e. The number of rotatable bonds is 16. The molecule has 2 saturated carbocycles. The SMILES string of the molecule is CCCCCCCCCCCCO[C@H]1C[C@@H](O)[C@H](O[C@@H]2C[C@H](C(N)=O)[C@@H](O)[C@H](O)[C@H]2O)[C@@H](C(=O)O)C1. The molecule has 0 aromatic heterocycles. The Morgan fingerprint density at radius 2 is 1.36 bits per heavy atom. The first-order chi connectivity index (χ1) is 17.2. The fourth-order valence-electron chi connectivity index (χ4n) is 5.40. The second-order valence-electron chi connectivity index (χ2n) is 10.5. The first-order valence-corrected chi connectivity index (χ1v) is 13.7. The number of hydrogen-bond donors (Lipinski definition) is 6. The molecule has 210 valence electrons. The molecule has 0 saturated heterocycles. The van der Waals surface area contributed by atoms with E-state index >= 15 is 0 Å². The van der Waals surface area contributed by atoms with Crippen molar-refractivity contribution in [2.24, 2.45) is 17.6 Å². The zero-order valence-corrected chi connectivity index (χ0v) is 21.5. The van der Waals surface area contributed by atoms with Crippen molar-refractivity contribution in [3.05, 3.63) is 0 Å². The van der Waals surface area contributed by atoms with E-state index in [1.807, 2.05) is 0 Å². The monoisotopic (exact) mass is 517 g/mol. The van der Waals surface area contributed by atoms with Crippen LogP contribution in [-0.2, 0) is 19.1 Å². The van der Waals surface area contributed by atoms with Crippen molar-refractivity contribution in [1.82, 2.24) is 0 Å². The normalized spacial score (nSPS) is 35.0. The van der Waals surface area contributed by atoms with Crippen LogP contribution >= 0.6 is 0 Å². The topological polar surface area (TPSA) is 180 Å². The van der Waals surface area contributed by atoms with Crippen molar-refractivity contribution in [2.75, 3.05) is 6.61 Å². The zero-order chi connectivity index (χ0) is 26.7. The van der Waals surface area contributed by atoms with Gasteiger partial charge in [-0.3, -0.25) is 9.59 Å².